The van der Waals surface area contributed by atoms with Crippen LogP contribution >= 0.6 is 0 Å². The second-order valence-electron chi connectivity index (χ2n) is 2.52. The molecule has 12 heavy (non-hydrogen) atoms. The molecule has 0 amide bonds. The molecule has 0 fully saturated rings. The van der Waals surface area contributed by atoms with E-state index in [4.69, 9.17) is 5.73 Å². The molecule has 0 unspecified atom stereocenters. The molecule has 0 aliphatic rings. The lowest BCUT2D eigenvalue weighted by Gasteiger charge is -1.97. The molecule has 0 saturated carbocycles. The lowest BCUT2D eigenvalue weighted by molar-refractivity contribution is -0.116. The molecule has 0 saturated heterocycles. The highest BCUT2D eigenvalue weighted by atomic mass is 16.1. The van der Waals surface area contributed by atoms with Gasteiger partial charge in [-0.1, -0.05) is 0 Å². The summed E-state index contributed by atoms with van der Waals surface area (Å²) in [6.45, 7) is 1.44. The van der Waals surface area contributed by atoms with Gasteiger partial charge in [0.2, 0.25) is 0 Å². The van der Waals surface area contributed by atoms with E-state index in [0.717, 1.165) is 0 Å². The first-order chi connectivity index (χ1) is 5.58. The summed E-state index contributed by atoms with van der Waals surface area (Å²) < 4.78 is 0. The van der Waals surface area contributed by atoms with Crippen LogP contribution in [0.4, 0.5) is 5.82 Å². The molecule has 3 N–H and O–H groups in total. The molecular formula is C7H9N3O2. The predicted molar refractivity (Wildman–Crippen MR) is 43.7 cm³/mol. The van der Waals surface area contributed by atoms with Crippen molar-refractivity contribution in [1.82, 2.24) is 9.97 Å². The average molecular weight is 167 g/mol. The van der Waals surface area contributed by atoms with Gasteiger partial charge in [-0.2, -0.15) is 4.98 Å². The minimum absolute atomic E-state index is 0.0312. The van der Waals surface area contributed by atoms with E-state index in [-0.39, 0.29) is 18.0 Å². The maximum atomic E-state index is 10.7. The Morgan fingerprint density at radius 1 is 1.75 bits per heavy atom. The van der Waals surface area contributed by atoms with Crippen molar-refractivity contribution in [3.05, 3.63) is 22.2 Å². The van der Waals surface area contributed by atoms with Gasteiger partial charge in [0, 0.05) is 18.2 Å². The van der Waals surface area contributed by atoms with Crippen LogP contribution in [0.2, 0.25) is 0 Å². The summed E-state index contributed by atoms with van der Waals surface area (Å²) in [5.41, 5.74) is 5.27. The number of ketones is 1. The fourth-order valence-electron chi connectivity index (χ4n) is 0.893. The Kier molecular flexibility index (Phi) is 2.23. The van der Waals surface area contributed by atoms with Crippen molar-refractivity contribution in [2.45, 2.75) is 13.3 Å². The van der Waals surface area contributed by atoms with Crippen LogP contribution in [0.15, 0.2) is 10.9 Å². The molecule has 0 bridgehead atoms. The van der Waals surface area contributed by atoms with Gasteiger partial charge in [0.15, 0.2) is 0 Å². The number of nitrogens with zero attached hydrogens (tertiary/aromatic N) is 1. The normalized spacial score (nSPS) is 9.75. The van der Waals surface area contributed by atoms with Crippen molar-refractivity contribution in [1.29, 1.82) is 0 Å². The number of nitrogens with one attached hydrogen (secondary N) is 1. The van der Waals surface area contributed by atoms with E-state index in [0.29, 0.717) is 5.69 Å². The number of Topliss-reactive ketones (excluding diaryl/α,β-unsaturated/α-hetero) is 1. The van der Waals surface area contributed by atoms with Gasteiger partial charge in [0.1, 0.15) is 11.6 Å². The molecule has 1 rings (SSSR count). The summed E-state index contributed by atoms with van der Waals surface area (Å²) in [5, 5.41) is 0. The fourth-order valence-corrected chi connectivity index (χ4v) is 0.893. The van der Waals surface area contributed by atoms with Gasteiger partial charge in [-0.05, 0) is 6.92 Å². The second-order valence-corrected chi connectivity index (χ2v) is 2.52. The SMILES string of the molecule is CC(=O)Cc1cc(N)nc(=O)[nH]1. The van der Waals surface area contributed by atoms with Crippen LogP contribution in [0.3, 0.4) is 0 Å². The number of hydrogen-bond donors (Lipinski definition) is 2. The lowest BCUT2D eigenvalue weighted by atomic mass is 10.2. The fraction of sp³-hybridized carbons (Fsp3) is 0.286. The molecule has 1 heterocycles. The highest BCUT2D eigenvalue weighted by Gasteiger charge is 2.00. The first-order valence-corrected chi connectivity index (χ1v) is 3.43. The van der Waals surface area contributed by atoms with Crippen molar-refractivity contribution in [2.75, 3.05) is 5.73 Å². The zero-order chi connectivity index (χ0) is 9.14. The van der Waals surface area contributed by atoms with E-state index in [1.54, 1.807) is 0 Å². The molecule has 0 aliphatic heterocycles. The van der Waals surface area contributed by atoms with Gasteiger partial charge in [0.05, 0.1) is 0 Å². The summed E-state index contributed by atoms with van der Waals surface area (Å²) >= 11 is 0. The Morgan fingerprint density at radius 3 is 2.92 bits per heavy atom. The third kappa shape index (κ3) is 2.19. The maximum Gasteiger partial charge on any atom is 0.347 e. The number of rotatable bonds is 2. The van der Waals surface area contributed by atoms with Crippen LogP contribution in [0.5, 0.6) is 0 Å². The molecule has 1 aromatic heterocycles. The van der Waals surface area contributed by atoms with Crippen LogP contribution in [0.25, 0.3) is 0 Å². The van der Waals surface area contributed by atoms with E-state index in [2.05, 4.69) is 9.97 Å². The minimum Gasteiger partial charge on any atom is -0.383 e. The van der Waals surface area contributed by atoms with Crippen molar-refractivity contribution in [3.8, 4) is 0 Å². The van der Waals surface area contributed by atoms with E-state index in [9.17, 15) is 9.59 Å². The Morgan fingerprint density at radius 2 is 2.42 bits per heavy atom. The maximum absolute atomic E-state index is 10.7. The number of aromatic amines is 1. The summed E-state index contributed by atoms with van der Waals surface area (Å²) in [7, 11) is 0. The van der Waals surface area contributed by atoms with Crippen LogP contribution in [0.1, 0.15) is 12.6 Å². The topological polar surface area (TPSA) is 88.8 Å². The quantitative estimate of drug-likeness (QED) is 0.620. The molecular weight excluding hydrogens is 158 g/mol. The Balaban J connectivity index is 3.01. The van der Waals surface area contributed by atoms with E-state index < -0.39 is 5.69 Å². The monoisotopic (exact) mass is 167 g/mol. The van der Waals surface area contributed by atoms with Crippen molar-refractivity contribution >= 4 is 11.6 Å². The molecule has 1 aromatic rings. The van der Waals surface area contributed by atoms with Crippen molar-refractivity contribution in [3.63, 3.8) is 0 Å². The van der Waals surface area contributed by atoms with Crippen molar-refractivity contribution < 1.29 is 4.79 Å². The number of carbonyl (C=O) groups is 1. The Labute approximate surface area is 68.6 Å². The smallest absolute Gasteiger partial charge is 0.347 e. The summed E-state index contributed by atoms with van der Waals surface area (Å²) in [4.78, 5) is 27.2. The van der Waals surface area contributed by atoms with Gasteiger partial charge in [-0.15, -0.1) is 0 Å². The van der Waals surface area contributed by atoms with Crippen LogP contribution in [0, 0.1) is 0 Å². The molecule has 5 heteroatoms. The van der Waals surface area contributed by atoms with Gasteiger partial charge in [0.25, 0.3) is 0 Å². The number of nitrogens with two attached hydrogens (primary N) is 1. The van der Waals surface area contributed by atoms with Gasteiger partial charge in [-0.3, -0.25) is 4.79 Å². The summed E-state index contributed by atoms with van der Waals surface area (Å²) in [6, 6.07) is 1.48. The zero-order valence-electron chi connectivity index (χ0n) is 6.63. The third-order valence-corrected chi connectivity index (χ3v) is 1.26. The molecule has 5 nitrogen and oxygen atoms in total. The van der Waals surface area contributed by atoms with Crippen LogP contribution in [-0.4, -0.2) is 15.8 Å². The van der Waals surface area contributed by atoms with Crippen LogP contribution < -0.4 is 11.4 Å². The summed E-state index contributed by atoms with van der Waals surface area (Å²) in [6.07, 6.45) is 0.182. The van der Waals surface area contributed by atoms with E-state index >= 15 is 0 Å². The van der Waals surface area contributed by atoms with Gasteiger partial charge >= 0.3 is 5.69 Å². The molecule has 64 valence electrons. The predicted octanol–water partition coefficient (Wildman–Crippen LogP) is -0.516. The second kappa shape index (κ2) is 3.17. The van der Waals surface area contributed by atoms with E-state index in [1.165, 1.54) is 13.0 Å². The number of nitrogen functional groups attached to an aromatic ring is 1. The lowest BCUT2D eigenvalue weighted by Crippen LogP contribution is -2.16. The molecule has 0 atom stereocenters. The number of hydrogen-bond acceptors (Lipinski definition) is 4. The number of H-pyrrole nitrogens is 1. The van der Waals surface area contributed by atoms with Crippen LogP contribution in [-0.2, 0) is 11.2 Å². The summed E-state index contributed by atoms with van der Waals surface area (Å²) in [5.74, 6) is 0.103. The minimum atomic E-state index is -0.522. The number of aromatic nitrogens is 2. The first kappa shape index (κ1) is 8.45. The molecule has 0 aromatic carbocycles. The number of anilines is 1. The highest BCUT2D eigenvalue weighted by Crippen LogP contribution is 1.97. The average Bonchev–Trinajstić information content (AvgIpc) is 1.81. The van der Waals surface area contributed by atoms with E-state index in [1.807, 2.05) is 0 Å². The molecule has 0 radical (unpaired) electrons. The highest BCUT2D eigenvalue weighted by molar-refractivity contribution is 5.77. The zero-order valence-corrected chi connectivity index (χ0v) is 6.63. The number of carbonyl (C=O) groups excluding carboxylic acids is 1. The van der Waals surface area contributed by atoms with Gasteiger partial charge in [-0.25, -0.2) is 4.79 Å². The molecule has 0 spiro atoms. The first-order valence-electron chi connectivity index (χ1n) is 3.43. The Hall–Kier alpha value is -1.65. The largest absolute Gasteiger partial charge is 0.383 e. The molecule has 0 aliphatic carbocycles. The third-order valence-electron chi connectivity index (χ3n) is 1.26. The van der Waals surface area contributed by atoms with Gasteiger partial charge < -0.3 is 10.7 Å². The standard InChI is InChI=1S/C7H9N3O2/c1-4(11)2-5-3-6(8)10-7(12)9-5/h3H,2H2,1H3,(H3,8,9,10,12). The Bertz CT molecular complexity index is 356. The van der Waals surface area contributed by atoms with Crippen molar-refractivity contribution in [2.24, 2.45) is 0 Å².